The Hall–Kier alpha value is -3.64. The van der Waals surface area contributed by atoms with Crippen LogP contribution in [0.4, 0.5) is 10.1 Å². The van der Waals surface area contributed by atoms with E-state index in [9.17, 15) is 19.1 Å². The predicted molar refractivity (Wildman–Crippen MR) is 120 cm³/mol. The van der Waals surface area contributed by atoms with E-state index in [1.165, 1.54) is 24.1 Å². The molecular formula is C25H19ClFNO4. The molecule has 1 heterocycles. The number of amides is 1. The van der Waals surface area contributed by atoms with Crippen molar-refractivity contribution in [2.75, 3.05) is 12.0 Å². The van der Waals surface area contributed by atoms with Crippen molar-refractivity contribution in [2.45, 2.75) is 13.0 Å². The first-order valence-electron chi connectivity index (χ1n) is 9.79. The number of benzene rings is 3. The van der Waals surface area contributed by atoms with Gasteiger partial charge in [0.05, 0.1) is 29.3 Å². The summed E-state index contributed by atoms with van der Waals surface area (Å²) < 4.78 is 19.1. The molecule has 1 aliphatic rings. The fourth-order valence-electron chi connectivity index (χ4n) is 3.84. The molecule has 5 nitrogen and oxygen atoms in total. The maximum absolute atomic E-state index is 13.8. The van der Waals surface area contributed by atoms with Crippen molar-refractivity contribution in [3.05, 3.63) is 99.8 Å². The van der Waals surface area contributed by atoms with E-state index in [4.69, 9.17) is 16.3 Å². The lowest BCUT2D eigenvalue weighted by Gasteiger charge is -2.25. The van der Waals surface area contributed by atoms with Gasteiger partial charge >= 0.3 is 0 Å². The van der Waals surface area contributed by atoms with Gasteiger partial charge in [0, 0.05) is 5.69 Å². The number of rotatable bonds is 4. The van der Waals surface area contributed by atoms with Crippen LogP contribution >= 0.6 is 11.6 Å². The molecule has 3 aromatic rings. The number of ether oxygens (including phenoxy) is 1. The average Bonchev–Trinajstić information content (AvgIpc) is 3.06. The number of methoxy groups -OCH3 is 1. The molecule has 0 aliphatic carbocycles. The molecule has 7 heteroatoms. The van der Waals surface area contributed by atoms with Gasteiger partial charge in [-0.15, -0.1) is 0 Å². The number of hydrogen-bond acceptors (Lipinski definition) is 4. The van der Waals surface area contributed by atoms with E-state index in [2.05, 4.69) is 0 Å². The van der Waals surface area contributed by atoms with E-state index in [-0.39, 0.29) is 22.0 Å². The minimum atomic E-state index is -0.942. The topological polar surface area (TPSA) is 66.8 Å². The van der Waals surface area contributed by atoms with Crippen molar-refractivity contribution >= 4 is 34.7 Å². The lowest BCUT2D eigenvalue weighted by atomic mass is 9.94. The van der Waals surface area contributed by atoms with Crippen molar-refractivity contribution in [3.8, 4) is 5.75 Å². The van der Waals surface area contributed by atoms with Crippen LogP contribution in [0.1, 0.15) is 22.7 Å². The SMILES string of the molecule is COc1ccc(C)cc1/C(O)=C1\C(=O)C(=O)N(c2ccc(F)c(Cl)c2)C1c1ccccc1. The molecule has 0 bridgehead atoms. The average molecular weight is 452 g/mol. The number of carbonyl (C=O) groups excluding carboxylic acids is 2. The van der Waals surface area contributed by atoms with E-state index < -0.39 is 23.5 Å². The van der Waals surface area contributed by atoms with E-state index >= 15 is 0 Å². The van der Waals surface area contributed by atoms with Crippen molar-refractivity contribution in [1.82, 2.24) is 0 Å². The van der Waals surface area contributed by atoms with Crippen LogP contribution in [0.3, 0.4) is 0 Å². The summed E-state index contributed by atoms with van der Waals surface area (Å²) in [6, 6.07) is 16.8. The minimum Gasteiger partial charge on any atom is -0.507 e. The third-order valence-corrected chi connectivity index (χ3v) is 5.64. The van der Waals surface area contributed by atoms with Gasteiger partial charge in [0.1, 0.15) is 17.3 Å². The smallest absolute Gasteiger partial charge is 0.300 e. The number of Topliss-reactive ketones (excluding diaryl/α,β-unsaturated/α-hetero) is 1. The lowest BCUT2D eigenvalue weighted by Crippen LogP contribution is -2.29. The molecule has 1 saturated heterocycles. The van der Waals surface area contributed by atoms with Crippen LogP contribution < -0.4 is 9.64 Å². The molecule has 0 spiro atoms. The van der Waals surface area contributed by atoms with Crippen molar-refractivity contribution in [1.29, 1.82) is 0 Å². The maximum atomic E-state index is 13.8. The lowest BCUT2D eigenvalue weighted by molar-refractivity contribution is -0.132. The third-order valence-electron chi connectivity index (χ3n) is 5.35. The predicted octanol–water partition coefficient (Wildman–Crippen LogP) is 5.42. The van der Waals surface area contributed by atoms with Crippen LogP contribution in [-0.4, -0.2) is 23.9 Å². The maximum Gasteiger partial charge on any atom is 0.300 e. The van der Waals surface area contributed by atoms with Crippen LogP contribution in [0.15, 0.2) is 72.3 Å². The summed E-state index contributed by atoms with van der Waals surface area (Å²) in [6.45, 7) is 1.84. The summed E-state index contributed by atoms with van der Waals surface area (Å²) in [5.41, 5.74) is 1.88. The fourth-order valence-corrected chi connectivity index (χ4v) is 4.01. The molecule has 1 amide bonds. The number of nitrogens with zero attached hydrogens (tertiary/aromatic N) is 1. The van der Waals surface area contributed by atoms with Gasteiger partial charge in [0.15, 0.2) is 0 Å². The number of ketones is 1. The zero-order valence-electron chi connectivity index (χ0n) is 17.3. The van der Waals surface area contributed by atoms with Gasteiger partial charge in [-0.3, -0.25) is 14.5 Å². The van der Waals surface area contributed by atoms with Gasteiger partial charge in [-0.2, -0.15) is 0 Å². The summed E-state index contributed by atoms with van der Waals surface area (Å²) in [5, 5.41) is 11.1. The van der Waals surface area contributed by atoms with Crippen LogP contribution in [0.25, 0.3) is 5.76 Å². The summed E-state index contributed by atoms with van der Waals surface area (Å²) >= 11 is 5.95. The van der Waals surface area contributed by atoms with Gasteiger partial charge < -0.3 is 9.84 Å². The standard InChI is InChI=1S/C25H19ClFNO4/c1-14-8-11-20(32-2)17(12-14)23(29)21-22(15-6-4-3-5-7-15)28(25(31)24(21)30)16-9-10-19(27)18(26)13-16/h3-13,22,29H,1-2H3/b23-21+. The summed E-state index contributed by atoms with van der Waals surface area (Å²) in [6.07, 6.45) is 0. The van der Waals surface area contributed by atoms with E-state index in [0.29, 0.717) is 16.9 Å². The number of aliphatic hydroxyl groups excluding tert-OH is 1. The highest BCUT2D eigenvalue weighted by Crippen LogP contribution is 2.43. The van der Waals surface area contributed by atoms with Crippen molar-refractivity contribution in [3.63, 3.8) is 0 Å². The molecule has 1 aliphatic heterocycles. The zero-order valence-corrected chi connectivity index (χ0v) is 18.1. The van der Waals surface area contributed by atoms with Crippen LogP contribution in [0.2, 0.25) is 5.02 Å². The van der Waals surface area contributed by atoms with Gasteiger partial charge in [-0.05, 0) is 42.8 Å². The molecule has 32 heavy (non-hydrogen) atoms. The Balaban J connectivity index is 1.98. The second-order valence-electron chi connectivity index (χ2n) is 7.38. The highest BCUT2D eigenvalue weighted by atomic mass is 35.5. The highest BCUT2D eigenvalue weighted by Gasteiger charge is 2.47. The molecule has 4 rings (SSSR count). The molecule has 0 aromatic heterocycles. The van der Waals surface area contributed by atoms with E-state index in [0.717, 1.165) is 11.6 Å². The Morgan fingerprint density at radius 2 is 1.78 bits per heavy atom. The third kappa shape index (κ3) is 3.63. The Bertz CT molecular complexity index is 1260. The molecule has 1 fully saturated rings. The first-order chi connectivity index (χ1) is 15.3. The van der Waals surface area contributed by atoms with E-state index in [1.807, 2.05) is 13.0 Å². The minimum absolute atomic E-state index is 0.0921. The zero-order chi connectivity index (χ0) is 23.0. The van der Waals surface area contributed by atoms with Crippen LogP contribution in [0.5, 0.6) is 5.75 Å². The number of hydrogen-bond donors (Lipinski definition) is 1. The van der Waals surface area contributed by atoms with Gasteiger partial charge in [0.2, 0.25) is 0 Å². The molecule has 0 radical (unpaired) electrons. The quantitative estimate of drug-likeness (QED) is 0.326. The second kappa shape index (κ2) is 8.48. The van der Waals surface area contributed by atoms with Crippen LogP contribution in [0, 0.1) is 12.7 Å². The second-order valence-corrected chi connectivity index (χ2v) is 7.79. The molecule has 3 aromatic carbocycles. The monoisotopic (exact) mass is 451 g/mol. The van der Waals surface area contributed by atoms with Gasteiger partial charge in [-0.25, -0.2) is 4.39 Å². The Kier molecular flexibility index (Phi) is 5.72. The largest absolute Gasteiger partial charge is 0.507 e. The first kappa shape index (κ1) is 21.6. The highest BCUT2D eigenvalue weighted by molar-refractivity contribution is 6.51. The molecular weight excluding hydrogens is 433 g/mol. The first-order valence-corrected chi connectivity index (χ1v) is 10.2. The van der Waals surface area contributed by atoms with Crippen molar-refractivity contribution < 1.29 is 23.8 Å². The summed E-state index contributed by atoms with van der Waals surface area (Å²) in [7, 11) is 1.45. The number of anilines is 1. The number of aryl methyl sites for hydroxylation is 1. The molecule has 1 N–H and O–H groups in total. The normalized spacial score (nSPS) is 17.6. The van der Waals surface area contributed by atoms with Gasteiger partial charge in [-0.1, -0.05) is 53.6 Å². The van der Waals surface area contributed by atoms with E-state index in [1.54, 1.807) is 42.5 Å². The number of halogens is 2. The van der Waals surface area contributed by atoms with Crippen molar-refractivity contribution in [2.24, 2.45) is 0 Å². The number of aliphatic hydroxyl groups is 1. The molecule has 1 atom stereocenters. The Labute approximate surface area is 189 Å². The van der Waals surface area contributed by atoms with Crippen LogP contribution in [-0.2, 0) is 9.59 Å². The summed E-state index contributed by atoms with van der Waals surface area (Å²) in [5.74, 6) is -2.35. The van der Waals surface area contributed by atoms with Gasteiger partial charge in [0.25, 0.3) is 11.7 Å². The molecule has 0 saturated carbocycles. The molecule has 1 unspecified atom stereocenters. The summed E-state index contributed by atoms with van der Waals surface area (Å²) in [4.78, 5) is 27.5. The fraction of sp³-hybridized carbons (Fsp3) is 0.120. The Morgan fingerprint density at radius 1 is 1.06 bits per heavy atom. The molecule has 162 valence electrons. The number of carbonyl (C=O) groups is 2. The Morgan fingerprint density at radius 3 is 2.44 bits per heavy atom.